The summed E-state index contributed by atoms with van der Waals surface area (Å²) in [6.45, 7) is 2.61. The number of carbonyl (C=O) groups excluding carboxylic acids is 1. The monoisotopic (exact) mass is 326 g/mol. The first-order chi connectivity index (χ1) is 11.6. The van der Waals surface area contributed by atoms with Gasteiger partial charge in [-0.05, 0) is 52.9 Å². The number of hydrogen-bond acceptors (Lipinski definition) is 4. The highest BCUT2D eigenvalue weighted by molar-refractivity contribution is 5.90. The Kier molecular flexibility index (Phi) is 4.83. The van der Waals surface area contributed by atoms with E-state index < -0.39 is 0 Å². The van der Waals surface area contributed by atoms with Crippen molar-refractivity contribution in [2.45, 2.75) is 13.3 Å². The van der Waals surface area contributed by atoms with Crippen LogP contribution in [0.3, 0.4) is 0 Å². The highest BCUT2D eigenvalue weighted by Gasteiger charge is 2.20. The molecule has 0 fully saturated rings. The molecule has 0 unspecified atom stereocenters. The predicted octanol–water partition coefficient (Wildman–Crippen LogP) is 2.01. The molecule has 0 saturated heterocycles. The first kappa shape index (κ1) is 16.5. The standard InChI is InChI=1S/C19H22N2O3/c1-13(24)20-16-2-4-18-14(11-16)10-15-12-17(3-5-19(15)18)21(6-8-22)7-9-23/h2-5,11-12,22-23H,6-10H2,1H3,(H,20,24). The van der Waals surface area contributed by atoms with E-state index in [0.29, 0.717) is 13.1 Å². The number of nitrogens with zero attached hydrogens (tertiary/aromatic N) is 1. The maximum Gasteiger partial charge on any atom is 0.221 e. The third-order valence-electron chi connectivity index (χ3n) is 4.29. The van der Waals surface area contributed by atoms with Gasteiger partial charge in [-0.15, -0.1) is 0 Å². The van der Waals surface area contributed by atoms with E-state index in [0.717, 1.165) is 17.8 Å². The Hall–Kier alpha value is -2.37. The summed E-state index contributed by atoms with van der Waals surface area (Å²) in [5.41, 5.74) is 6.65. The first-order valence-electron chi connectivity index (χ1n) is 8.13. The molecule has 24 heavy (non-hydrogen) atoms. The van der Waals surface area contributed by atoms with Crippen LogP contribution >= 0.6 is 0 Å². The minimum atomic E-state index is -0.0728. The average Bonchev–Trinajstić information content (AvgIpc) is 2.90. The van der Waals surface area contributed by atoms with Gasteiger partial charge in [-0.3, -0.25) is 4.79 Å². The molecule has 1 amide bonds. The molecule has 1 aliphatic carbocycles. The summed E-state index contributed by atoms with van der Waals surface area (Å²) in [4.78, 5) is 13.2. The zero-order valence-electron chi connectivity index (χ0n) is 13.7. The summed E-state index contributed by atoms with van der Waals surface area (Å²) in [5.74, 6) is -0.0728. The molecular weight excluding hydrogens is 304 g/mol. The fourth-order valence-corrected chi connectivity index (χ4v) is 3.29. The molecule has 2 aromatic rings. The zero-order chi connectivity index (χ0) is 17.1. The smallest absolute Gasteiger partial charge is 0.221 e. The molecule has 0 aromatic heterocycles. The number of hydrogen-bond donors (Lipinski definition) is 3. The summed E-state index contributed by atoms with van der Waals surface area (Å²) in [6.07, 6.45) is 0.817. The van der Waals surface area contributed by atoms with Crippen molar-refractivity contribution in [2.75, 3.05) is 36.5 Å². The van der Waals surface area contributed by atoms with E-state index in [4.69, 9.17) is 0 Å². The third kappa shape index (κ3) is 3.27. The fourth-order valence-electron chi connectivity index (χ4n) is 3.29. The molecular formula is C19H22N2O3. The Morgan fingerprint density at radius 1 is 1.04 bits per heavy atom. The Morgan fingerprint density at radius 2 is 1.67 bits per heavy atom. The van der Waals surface area contributed by atoms with E-state index in [1.807, 2.05) is 29.2 Å². The maximum atomic E-state index is 11.2. The van der Waals surface area contributed by atoms with Crippen molar-refractivity contribution < 1.29 is 15.0 Å². The fraction of sp³-hybridized carbons (Fsp3) is 0.316. The zero-order valence-corrected chi connectivity index (χ0v) is 13.7. The van der Waals surface area contributed by atoms with Crippen molar-refractivity contribution in [3.05, 3.63) is 47.5 Å². The lowest BCUT2D eigenvalue weighted by Crippen LogP contribution is -2.29. The van der Waals surface area contributed by atoms with Gasteiger partial charge in [-0.2, -0.15) is 0 Å². The first-order valence-corrected chi connectivity index (χ1v) is 8.13. The Morgan fingerprint density at radius 3 is 2.29 bits per heavy atom. The molecule has 5 nitrogen and oxygen atoms in total. The molecule has 2 aromatic carbocycles. The van der Waals surface area contributed by atoms with E-state index in [-0.39, 0.29) is 19.1 Å². The normalized spacial score (nSPS) is 11.8. The molecule has 3 rings (SSSR count). The Labute approximate surface area is 141 Å². The number of carbonyl (C=O) groups is 1. The molecule has 0 saturated carbocycles. The van der Waals surface area contributed by atoms with Gasteiger partial charge in [0.15, 0.2) is 0 Å². The summed E-state index contributed by atoms with van der Waals surface area (Å²) in [6, 6.07) is 12.2. The highest BCUT2D eigenvalue weighted by Crippen LogP contribution is 2.39. The Balaban J connectivity index is 1.88. The van der Waals surface area contributed by atoms with Crippen LogP contribution in [0, 0.1) is 0 Å². The molecule has 0 atom stereocenters. The lowest BCUT2D eigenvalue weighted by Gasteiger charge is -2.23. The lowest BCUT2D eigenvalue weighted by atomic mass is 10.0. The largest absolute Gasteiger partial charge is 0.395 e. The summed E-state index contributed by atoms with van der Waals surface area (Å²) in [7, 11) is 0. The number of fused-ring (bicyclic) bond motifs is 3. The molecule has 5 heteroatoms. The van der Waals surface area contributed by atoms with Crippen molar-refractivity contribution in [3.8, 4) is 11.1 Å². The topological polar surface area (TPSA) is 72.8 Å². The van der Waals surface area contributed by atoms with Gasteiger partial charge in [0.05, 0.1) is 13.2 Å². The Bertz CT molecular complexity index is 752. The minimum Gasteiger partial charge on any atom is -0.395 e. The quantitative estimate of drug-likeness (QED) is 0.648. The number of amides is 1. The van der Waals surface area contributed by atoms with Gasteiger partial charge in [-0.1, -0.05) is 12.1 Å². The summed E-state index contributed by atoms with van der Waals surface area (Å²) < 4.78 is 0. The number of nitrogens with one attached hydrogen (secondary N) is 1. The average molecular weight is 326 g/mol. The molecule has 0 aliphatic heterocycles. The molecule has 3 N–H and O–H groups in total. The van der Waals surface area contributed by atoms with Crippen LogP contribution < -0.4 is 10.2 Å². The number of anilines is 2. The van der Waals surface area contributed by atoms with Crippen molar-refractivity contribution >= 4 is 17.3 Å². The second-order valence-electron chi connectivity index (χ2n) is 6.01. The van der Waals surface area contributed by atoms with E-state index in [2.05, 4.69) is 17.4 Å². The summed E-state index contributed by atoms with van der Waals surface area (Å²) >= 11 is 0. The third-order valence-corrected chi connectivity index (χ3v) is 4.29. The van der Waals surface area contributed by atoms with Crippen molar-refractivity contribution in [1.29, 1.82) is 0 Å². The molecule has 0 heterocycles. The highest BCUT2D eigenvalue weighted by atomic mass is 16.3. The van der Waals surface area contributed by atoms with Crippen molar-refractivity contribution in [3.63, 3.8) is 0 Å². The number of rotatable bonds is 6. The van der Waals surface area contributed by atoms with Gasteiger partial charge in [-0.25, -0.2) is 0 Å². The number of aliphatic hydroxyl groups excluding tert-OH is 2. The second-order valence-corrected chi connectivity index (χ2v) is 6.01. The molecule has 126 valence electrons. The summed E-state index contributed by atoms with van der Waals surface area (Å²) in [5, 5.41) is 21.2. The molecule has 0 radical (unpaired) electrons. The van der Waals surface area contributed by atoms with Gasteiger partial charge in [0, 0.05) is 31.4 Å². The van der Waals surface area contributed by atoms with E-state index >= 15 is 0 Å². The van der Waals surface area contributed by atoms with Gasteiger partial charge in [0.2, 0.25) is 5.91 Å². The van der Waals surface area contributed by atoms with E-state index in [1.54, 1.807) is 0 Å². The van der Waals surface area contributed by atoms with Crippen LogP contribution in [0.2, 0.25) is 0 Å². The SMILES string of the molecule is CC(=O)Nc1ccc2c(c1)Cc1cc(N(CCO)CCO)ccc1-2. The second kappa shape index (κ2) is 7.03. The molecule has 0 bridgehead atoms. The van der Waals surface area contributed by atoms with Gasteiger partial charge < -0.3 is 20.4 Å². The van der Waals surface area contributed by atoms with Crippen LogP contribution in [0.4, 0.5) is 11.4 Å². The van der Waals surface area contributed by atoms with E-state index in [1.165, 1.54) is 29.2 Å². The van der Waals surface area contributed by atoms with Crippen LogP contribution in [0.25, 0.3) is 11.1 Å². The lowest BCUT2D eigenvalue weighted by molar-refractivity contribution is -0.114. The van der Waals surface area contributed by atoms with Crippen LogP contribution in [0.5, 0.6) is 0 Å². The van der Waals surface area contributed by atoms with Crippen LogP contribution in [-0.2, 0) is 11.2 Å². The molecule has 0 spiro atoms. The van der Waals surface area contributed by atoms with Gasteiger partial charge in [0.25, 0.3) is 0 Å². The molecule has 1 aliphatic rings. The number of benzene rings is 2. The van der Waals surface area contributed by atoms with Gasteiger partial charge >= 0.3 is 0 Å². The predicted molar refractivity (Wildman–Crippen MR) is 95.4 cm³/mol. The van der Waals surface area contributed by atoms with Crippen molar-refractivity contribution in [2.24, 2.45) is 0 Å². The van der Waals surface area contributed by atoms with Crippen LogP contribution in [-0.4, -0.2) is 42.4 Å². The van der Waals surface area contributed by atoms with Crippen LogP contribution in [0.15, 0.2) is 36.4 Å². The number of aliphatic hydroxyl groups is 2. The maximum absolute atomic E-state index is 11.2. The van der Waals surface area contributed by atoms with Crippen LogP contribution in [0.1, 0.15) is 18.1 Å². The van der Waals surface area contributed by atoms with E-state index in [9.17, 15) is 15.0 Å². The minimum absolute atomic E-state index is 0.0530. The van der Waals surface area contributed by atoms with Gasteiger partial charge in [0.1, 0.15) is 0 Å². The van der Waals surface area contributed by atoms with Crippen molar-refractivity contribution in [1.82, 2.24) is 0 Å².